The molecule has 16 heavy (non-hydrogen) atoms. The Bertz CT molecular complexity index is 227. The van der Waals surface area contributed by atoms with Crippen molar-refractivity contribution < 1.29 is 15.0 Å². The second-order valence-electron chi connectivity index (χ2n) is 5.14. The Hall–Kier alpha value is -0.570. The van der Waals surface area contributed by atoms with Crippen molar-refractivity contribution >= 4 is 5.97 Å². The molecule has 2 atom stereocenters. The summed E-state index contributed by atoms with van der Waals surface area (Å²) in [5, 5.41) is 18.2. The lowest BCUT2D eigenvalue weighted by molar-refractivity contribution is -0.153. The van der Waals surface area contributed by atoms with E-state index in [0.29, 0.717) is 5.92 Å². The lowest BCUT2D eigenvalue weighted by Gasteiger charge is -2.37. The average molecular weight is 228 g/mol. The van der Waals surface area contributed by atoms with E-state index >= 15 is 0 Å². The lowest BCUT2D eigenvalue weighted by atomic mass is 9.66. The molecule has 2 N–H and O–H groups in total. The first-order chi connectivity index (χ1) is 7.64. The number of aliphatic hydroxyl groups is 1. The van der Waals surface area contributed by atoms with Crippen molar-refractivity contribution in [1.29, 1.82) is 0 Å². The highest BCUT2D eigenvalue weighted by atomic mass is 16.4. The molecule has 1 aliphatic carbocycles. The summed E-state index contributed by atoms with van der Waals surface area (Å²) in [5.74, 6) is -0.0393. The Balaban J connectivity index is 2.60. The first kappa shape index (κ1) is 13.5. The van der Waals surface area contributed by atoms with Crippen molar-refractivity contribution in [3.63, 3.8) is 0 Å². The van der Waals surface area contributed by atoms with Gasteiger partial charge in [-0.3, -0.25) is 4.79 Å². The molecule has 1 saturated carbocycles. The molecule has 1 rings (SSSR count). The van der Waals surface area contributed by atoms with Gasteiger partial charge in [0.15, 0.2) is 0 Å². The molecule has 0 aromatic carbocycles. The highest BCUT2D eigenvalue weighted by molar-refractivity contribution is 5.74. The molecule has 0 spiro atoms. The molecular formula is C13H24O3. The van der Waals surface area contributed by atoms with E-state index in [9.17, 15) is 9.90 Å². The van der Waals surface area contributed by atoms with Crippen LogP contribution in [-0.2, 0) is 4.79 Å². The Morgan fingerprint density at radius 1 is 1.44 bits per heavy atom. The van der Waals surface area contributed by atoms with E-state index in [1.807, 2.05) is 0 Å². The minimum atomic E-state index is -0.622. The van der Waals surface area contributed by atoms with Crippen LogP contribution in [0.25, 0.3) is 0 Å². The third-order valence-electron chi connectivity index (χ3n) is 4.04. The maximum Gasteiger partial charge on any atom is 0.309 e. The highest BCUT2D eigenvalue weighted by Gasteiger charge is 2.41. The number of rotatable bonds is 6. The van der Waals surface area contributed by atoms with Crippen LogP contribution in [0.15, 0.2) is 0 Å². The van der Waals surface area contributed by atoms with Gasteiger partial charge in [0.25, 0.3) is 0 Å². The van der Waals surface area contributed by atoms with Crippen LogP contribution in [0.2, 0.25) is 0 Å². The number of carbonyl (C=O) groups is 1. The molecule has 94 valence electrons. The number of aliphatic carboxylic acids is 1. The van der Waals surface area contributed by atoms with Crippen LogP contribution in [0, 0.1) is 11.3 Å². The molecule has 0 bridgehead atoms. The second-order valence-corrected chi connectivity index (χ2v) is 5.14. The van der Waals surface area contributed by atoms with Crippen LogP contribution in [0.1, 0.15) is 58.3 Å². The van der Waals surface area contributed by atoms with Crippen LogP contribution in [0.4, 0.5) is 0 Å². The van der Waals surface area contributed by atoms with Gasteiger partial charge in [0, 0.05) is 6.61 Å². The minimum Gasteiger partial charge on any atom is -0.481 e. The molecule has 0 aromatic rings. The fourth-order valence-electron chi connectivity index (χ4n) is 2.94. The van der Waals surface area contributed by atoms with Crippen LogP contribution in [0.3, 0.4) is 0 Å². The summed E-state index contributed by atoms with van der Waals surface area (Å²) in [6, 6.07) is 0. The summed E-state index contributed by atoms with van der Waals surface area (Å²) in [6.45, 7) is 2.32. The van der Waals surface area contributed by atoms with E-state index in [4.69, 9.17) is 5.11 Å². The molecule has 2 unspecified atom stereocenters. The molecule has 0 amide bonds. The van der Waals surface area contributed by atoms with Crippen molar-refractivity contribution in [1.82, 2.24) is 0 Å². The van der Waals surface area contributed by atoms with E-state index in [1.165, 1.54) is 6.42 Å². The van der Waals surface area contributed by atoms with Gasteiger partial charge in [-0.1, -0.05) is 32.6 Å². The van der Waals surface area contributed by atoms with Crippen LogP contribution >= 0.6 is 0 Å². The third-order valence-corrected chi connectivity index (χ3v) is 4.04. The van der Waals surface area contributed by atoms with Crippen molar-refractivity contribution in [2.75, 3.05) is 6.61 Å². The Morgan fingerprint density at radius 2 is 2.19 bits per heavy atom. The number of carboxylic acids is 1. The zero-order valence-corrected chi connectivity index (χ0v) is 10.2. The molecule has 0 heterocycles. The van der Waals surface area contributed by atoms with Gasteiger partial charge < -0.3 is 10.2 Å². The first-order valence-corrected chi connectivity index (χ1v) is 6.49. The van der Waals surface area contributed by atoms with E-state index in [-0.39, 0.29) is 6.61 Å². The van der Waals surface area contributed by atoms with Crippen molar-refractivity contribution in [2.24, 2.45) is 11.3 Å². The molecule has 0 aromatic heterocycles. The number of unbranched alkanes of at least 4 members (excludes halogenated alkanes) is 1. The number of aliphatic hydroxyl groups excluding tert-OH is 1. The maximum absolute atomic E-state index is 11.5. The Morgan fingerprint density at radius 3 is 2.75 bits per heavy atom. The van der Waals surface area contributed by atoms with Crippen molar-refractivity contribution in [3.05, 3.63) is 0 Å². The molecule has 0 aliphatic heterocycles. The van der Waals surface area contributed by atoms with E-state index in [0.717, 1.165) is 44.9 Å². The van der Waals surface area contributed by atoms with Gasteiger partial charge in [-0.05, 0) is 31.6 Å². The molecule has 1 aliphatic rings. The van der Waals surface area contributed by atoms with Gasteiger partial charge in [-0.2, -0.15) is 0 Å². The van der Waals surface area contributed by atoms with Gasteiger partial charge in [-0.25, -0.2) is 0 Å². The van der Waals surface area contributed by atoms with Gasteiger partial charge in [0.05, 0.1) is 5.41 Å². The van der Waals surface area contributed by atoms with Crippen LogP contribution in [-0.4, -0.2) is 22.8 Å². The van der Waals surface area contributed by atoms with E-state index < -0.39 is 11.4 Å². The molecule has 3 nitrogen and oxygen atoms in total. The highest BCUT2D eigenvalue weighted by Crippen LogP contribution is 2.44. The van der Waals surface area contributed by atoms with Crippen molar-refractivity contribution in [3.8, 4) is 0 Å². The topological polar surface area (TPSA) is 57.5 Å². The predicted octanol–water partition coefficient (Wildman–Crippen LogP) is 2.82. The maximum atomic E-state index is 11.5. The lowest BCUT2D eigenvalue weighted by Crippen LogP contribution is -2.36. The standard InChI is InChI=1S/C13H24O3/c1-2-11-6-5-8-13(10-11,12(15)16)7-3-4-9-14/h11,14H,2-10H2,1H3,(H,15,16). The zero-order chi connectivity index (χ0) is 12.0. The molecule has 1 fully saturated rings. The van der Waals surface area contributed by atoms with E-state index in [1.54, 1.807) is 0 Å². The molecular weight excluding hydrogens is 204 g/mol. The van der Waals surface area contributed by atoms with Crippen LogP contribution in [0.5, 0.6) is 0 Å². The number of hydrogen-bond acceptors (Lipinski definition) is 2. The smallest absolute Gasteiger partial charge is 0.309 e. The zero-order valence-electron chi connectivity index (χ0n) is 10.2. The fraction of sp³-hybridized carbons (Fsp3) is 0.923. The summed E-state index contributed by atoms with van der Waals surface area (Å²) < 4.78 is 0. The third kappa shape index (κ3) is 3.21. The SMILES string of the molecule is CCC1CCCC(CCCCO)(C(=O)O)C1. The molecule has 3 heteroatoms. The Kier molecular flexibility index (Phi) is 5.26. The summed E-state index contributed by atoms with van der Waals surface area (Å²) >= 11 is 0. The molecule has 0 saturated heterocycles. The normalized spacial score (nSPS) is 30.2. The number of hydrogen-bond donors (Lipinski definition) is 2. The van der Waals surface area contributed by atoms with Gasteiger partial charge in [0.2, 0.25) is 0 Å². The van der Waals surface area contributed by atoms with Gasteiger partial charge in [-0.15, -0.1) is 0 Å². The predicted molar refractivity (Wildman–Crippen MR) is 63.3 cm³/mol. The Labute approximate surface area is 97.9 Å². The second kappa shape index (κ2) is 6.24. The number of carboxylic acid groups (broad SMARTS) is 1. The average Bonchev–Trinajstić information content (AvgIpc) is 2.29. The first-order valence-electron chi connectivity index (χ1n) is 6.49. The summed E-state index contributed by atoms with van der Waals surface area (Å²) in [6.07, 6.45) is 7.28. The summed E-state index contributed by atoms with van der Waals surface area (Å²) in [5.41, 5.74) is -0.492. The van der Waals surface area contributed by atoms with E-state index in [2.05, 4.69) is 6.92 Å². The largest absolute Gasteiger partial charge is 0.481 e. The monoisotopic (exact) mass is 228 g/mol. The molecule has 0 radical (unpaired) electrons. The summed E-state index contributed by atoms with van der Waals surface area (Å²) in [4.78, 5) is 11.5. The van der Waals surface area contributed by atoms with Crippen LogP contribution < -0.4 is 0 Å². The van der Waals surface area contributed by atoms with Crippen molar-refractivity contribution in [2.45, 2.75) is 58.3 Å². The van der Waals surface area contributed by atoms with Gasteiger partial charge in [0.1, 0.15) is 0 Å². The fourth-order valence-corrected chi connectivity index (χ4v) is 2.94. The quantitative estimate of drug-likeness (QED) is 0.687. The summed E-state index contributed by atoms with van der Waals surface area (Å²) in [7, 11) is 0. The van der Waals surface area contributed by atoms with Gasteiger partial charge >= 0.3 is 5.97 Å². The minimum absolute atomic E-state index is 0.174.